The van der Waals surface area contributed by atoms with Gasteiger partial charge in [0.1, 0.15) is 0 Å². The van der Waals surface area contributed by atoms with Gasteiger partial charge in [0.05, 0.1) is 12.7 Å². The molecule has 1 saturated heterocycles. The summed E-state index contributed by atoms with van der Waals surface area (Å²) < 4.78 is 1.70. The van der Waals surface area contributed by atoms with E-state index in [2.05, 4.69) is 20.9 Å². The van der Waals surface area contributed by atoms with E-state index in [4.69, 9.17) is 0 Å². The van der Waals surface area contributed by atoms with E-state index < -0.39 is 0 Å². The van der Waals surface area contributed by atoms with Gasteiger partial charge in [-0.05, 0) is 19.0 Å². The molecule has 0 spiro atoms. The summed E-state index contributed by atoms with van der Waals surface area (Å²) >= 11 is 0. The number of nitrogens with zero attached hydrogens (tertiary/aromatic N) is 3. The number of hydrogen-bond acceptors (Lipinski definition) is 4. The number of nitrogens with one attached hydrogen (secondary N) is 2. The average Bonchev–Trinajstić information content (AvgIpc) is 2.64. The first-order valence-electron chi connectivity index (χ1n) is 5.16. The Morgan fingerprint density at radius 1 is 1.60 bits per heavy atom. The first kappa shape index (κ1) is 10.1. The molecule has 2 heterocycles. The Hall–Kier alpha value is -1.43. The molecule has 2 N–H and O–H groups in total. The van der Waals surface area contributed by atoms with E-state index in [0.29, 0.717) is 25.4 Å². The molecule has 1 fully saturated rings. The van der Waals surface area contributed by atoms with Gasteiger partial charge in [0.2, 0.25) is 5.91 Å². The molecule has 1 aliphatic heterocycles. The minimum atomic E-state index is 0.126. The molecule has 0 unspecified atom stereocenters. The molecule has 1 amide bonds. The predicted octanol–water partition coefficient (Wildman–Crippen LogP) is -0.996. The number of aromatic nitrogens is 3. The second kappa shape index (κ2) is 4.88. The normalized spacial score (nSPS) is 16.0. The average molecular weight is 209 g/mol. The first-order chi connectivity index (χ1) is 7.34. The lowest BCUT2D eigenvalue weighted by Crippen LogP contribution is -2.44. The van der Waals surface area contributed by atoms with Crippen LogP contribution in [0.5, 0.6) is 0 Å². The van der Waals surface area contributed by atoms with Gasteiger partial charge in [-0.1, -0.05) is 5.21 Å². The summed E-state index contributed by atoms with van der Waals surface area (Å²) in [7, 11) is 0. The zero-order chi connectivity index (χ0) is 10.5. The van der Waals surface area contributed by atoms with Crippen molar-refractivity contribution in [1.29, 1.82) is 0 Å². The van der Waals surface area contributed by atoms with E-state index in [0.717, 1.165) is 13.1 Å². The van der Waals surface area contributed by atoms with Gasteiger partial charge in [-0.15, -0.1) is 5.10 Å². The Morgan fingerprint density at radius 3 is 3.07 bits per heavy atom. The molecule has 6 nitrogen and oxygen atoms in total. The number of rotatable bonds is 5. The zero-order valence-electron chi connectivity index (χ0n) is 8.52. The third-order valence-corrected chi connectivity index (χ3v) is 2.48. The highest BCUT2D eigenvalue weighted by Crippen LogP contribution is 2.07. The summed E-state index contributed by atoms with van der Waals surface area (Å²) in [6, 6.07) is 0. The van der Waals surface area contributed by atoms with E-state index in [1.165, 1.54) is 0 Å². The van der Waals surface area contributed by atoms with Gasteiger partial charge in [-0.2, -0.15) is 0 Å². The van der Waals surface area contributed by atoms with Crippen LogP contribution in [0, 0.1) is 5.92 Å². The van der Waals surface area contributed by atoms with Crippen LogP contribution in [-0.4, -0.2) is 40.5 Å². The van der Waals surface area contributed by atoms with E-state index >= 15 is 0 Å². The van der Waals surface area contributed by atoms with Crippen LogP contribution in [0.4, 0.5) is 0 Å². The lowest BCUT2D eigenvalue weighted by molar-refractivity contribution is -0.122. The third kappa shape index (κ3) is 3.02. The minimum Gasteiger partial charge on any atom is -0.354 e. The fraction of sp³-hybridized carbons (Fsp3) is 0.667. The molecule has 2 rings (SSSR count). The standard InChI is InChI=1S/C9H15N5O/c15-9(5-8-6-10-7-8)11-1-3-14-4-2-12-13-14/h2,4,8,10H,1,3,5-7H2,(H,11,15). The largest absolute Gasteiger partial charge is 0.354 e. The Morgan fingerprint density at radius 2 is 2.47 bits per heavy atom. The van der Waals surface area contributed by atoms with Crippen LogP contribution in [-0.2, 0) is 11.3 Å². The Labute approximate surface area is 88.0 Å². The molecule has 15 heavy (non-hydrogen) atoms. The Bertz CT molecular complexity index is 306. The summed E-state index contributed by atoms with van der Waals surface area (Å²) in [6.45, 7) is 3.23. The van der Waals surface area contributed by atoms with Crippen molar-refractivity contribution in [2.45, 2.75) is 13.0 Å². The quantitative estimate of drug-likeness (QED) is 0.652. The van der Waals surface area contributed by atoms with Crippen molar-refractivity contribution in [1.82, 2.24) is 25.6 Å². The lowest BCUT2D eigenvalue weighted by Gasteiger charge is -2.26. The van der Waals surface area contributed by atoms with Crippen LogP contribution in [0.2, 0.25) is 0 Å². The van der Waals surface area contributed by atoms with Crippen molar-refractivity contribution in [2.75, 3.05) is 19.6 Å². The Kier molecular flexibility index (Phi) is 3.29. The van der Waals surface area contributed by atoms with E-state index in [9.17, 15) is 4.79 Å². The number of amides is 1. The second-order valence-corrected chi connectivity index (χ2v) is 3.74. The molecule has 0 radical (unpaired) electrons. The van der Waals surface area contributed by atoms with Crippen LogP contribution < -0.4 is 10.6 Å². The fourth-order valence-electron chi connectivity index (χ4n) is 1.49. The van der Waals surface area contributed by atoms with Gasteiger partial charge in [-0.3, -0.25) is 9.48 Å². The molecule has 1 aliphatic rings. The predicted molar refractivity (Wildman–Crippen MR) is 54.0 cm³/mol. The van der Waals surface area contributed by atoms with E-state index in [-0.39, 0.29) is 5.91 Å². The van der Waals surface area contributed by atoms with Crippen LogP contribution in [0.1, 0.15) is 6.42 Å². The van der Waals surface area contributed by atoms with Crippen molar-refractivity contribution >= 4 is 5.91 Å². The number of carbonyl (C=O) groups is 1. The van der Waals surface area contributed by atoms with Crippen LogP contribution in [0.3, 0.4) is 0 Å². The molecule has 0 bridgehead atoms. The van der Waals surface area contributed by atoms with Crippen molar-refractivity contribution in [3.8, 4) is 0 Å². The third-order valence-electron chi connectivity index (χ3n) is 2.48. The van der Waals surface area contributed by atoms with Crippen molar-refractivity contribution in [3.05, 3.63) is 12.4 Å². The summed E-state index contributed by atoms with van der Waals surface area (Å²) in [5.41, 5.74) is 0. The molecule has 82 valence electrons. The smallest absolute Gasteiger partial charge is 0.220 e. The topological polar surface area (TPSA) is 71.8 Å². The van der Waals surface area contributed by atoms with Gasteiger partial charge < -0.3 is 10.6 Å². The molecule has 1 aromatic rings. The highest BCUT2D eigenvalue weighted by atomic mass is 16.1. The molecule has 6 heteroatoms. The maximum absolute atomic E-state index is 11.4. The zero-order valence-corrected chi connectivity index (χ0v) is 8.52. The molecular weight excluding hydrogens is 194 g/mol. The molecule has 0 aliphatic carbocycles. The fourth-order valence-corrected chi connectivity index (χ4v) is 1.49. The molecular formula is C9H15N5O. The van der Waals surface area contributed by atoms with Crippen molar-refractivity contribution < 1.29 is 4.79 Å². The maximum Gasteiger partial charge on any atom is 0.220 e. The molecule has 1 aromatic heterocycles. The molecule has 0 aromatic carbocycles. The SMILES string of the molecule is O=C(CC1CNC1)NCCn1ccnn1. The maximum atomic E-state index is 11.4. The highest BCUT2D eigenvalue weighted by molar-refractivity contribution is 5.76. The van der Waals surface area contributed by atoms with Crippen molar-refractivity contribution in [2.24, 2.45) is 5.92 Å². The first-order valence-corrected chi connectivity index (χ1v) is 5.16. The summed E-state index contributed by atoms with van der Waals surface area (Å²) in [5.74, 6) is 0.651. The second-order valence-electron chi connectivity index (χ2n) is 3.74. The highest BCUT2D eigenvalue weighted by Gasteiger charge is 2.19. The summed E-state index contributed by atoms with van der Waals surface area (Å²) in [5, 5.41) is 13.5. The van der Waals surface area contributed by atoms with Gasteiger partial charge >= 0.3 is 0 Å². The summed E-state index contributed by atoms with van der Waals surface area (Å²) in [6.07, 6.45) is 4.04. The molecule has 0 saturated carbocycles. The molecule has 0 atom stereocenters. The lowest BCUT2D eigenvalue weighted by atomic mass is 9.99. The summed E-state index contributed by atoms with van der Waals surface area (Å²) in [4.78, 5) is 11.4. The monoisotopic (exact) mass is 209 g/mol. The van der Waals surface area contributed by atoms with Gasteiger partial charge in [0.25, 0.3) is 0 Å². The van der Waals surface area contributed by atoms with E-state index in [1.54, 1.807) is 17.1 Å². The van der Waals surface area contributed by atoms with Gasteiger partial charge in [0.15, 0.2) is 0 Å². The Balaban J connectivity index is 1.58. The van der Waals surface area contributed by atoms with Gasteiger partial charge in [0, 0.05) is 19.2 Å². The van der Waals surface area contributed by atoms with Crippen LogP contribution in [0.15, 0.2) is 12.4 Å². The van der Waals surface area contributed by atoms with Gasteiger partial charge in [-0.25, -0.2) is 0 Å². The van der Waals surface area contributed by atoms with Crippen LogP contribution >= 0.6 is 0 Å². The van der Waals surface area contributed by atoms with Crippen molar-refractivity contribution in [3.63, 3.8) is 0 Å². The van der Waals surface area contributed by atoms with Crippen LogP contribution in [0.25, 0.3) is 0 Å². The minimum absolute atomic E-state index is 0.126. The number of hydrogen-bond donors (Lipinski definition) is 2. The van der Waals surface area contributed by atoms with E-state index in [1.807, 2.05) is 0 Å². The number of carbonyl (C=O) groups excluding carboxylic acids is 1.